The van der Waals surface area contributed by atoms with E-state index in [2.05, 4.69) is 10.3 Å². The Morgan fingerprint density at radius 3 is 2.42 bits per heavy atom. The van der Waals surface area contributed by atoms with Gasteiger partial charge in [0.25, 0.3) is 11.8 Å². The van der Waals surface area contributed by atoms with E-state index in [1.54, 1.807) is 12.3 Å². The van der Waals surface area contributed by atoms with Crippen LogP contribution in [0.4, 0.5) is 14.6 Å². The Bertz CT molecular complexity index is 1160. The minimum absolute atomic E-state index is 0.0202. The van der Waals surface area contributed by atoms with Gasteiger partial charge in [-0.2, -0.15) is 0 Å². The van der Waals surface area contributed by atoms with Gasteiger partial charge in [-0.1, -0.05) is 30.3 Å². The van der Waals surface area contributed by atoms with Gasteiger partial charge in [-0.25, -0.2) is 13.8 Å². The molecule has 3 amide bonds. The molecule has 0 saturated carbocycles. The highest BCUT2D eigenvalue weighted by molar-refractivity contribution is 6.21. The number of fused-ring (bicyclic) bond motifs is 1. The van der Waals surface area contributed by atoms with Crippen LogP contribution in [0.3, 0.4) is 0 Å². The molecule has 2 heterocycles. The molecular formula is C23H17F2N3O3. The Hall–Kier alpha value is -3.94. The van der Waals surface area contributed by atoms with E-state index in [1.807, 2.05) is 36.4 Å². The summed E-state index contributed by atoms with van der Waals surface area (Å²) in [5.41, 5.74) is 1.19. The van der Waals surface area contributed by atoms with Crippen LogP contribution >= 0.6 is 0 Å². The molecule has 0 unspecified atom stereocenters. The summed E-state index contributed by atoms with van der Waals surface area (Å²) in [5.74, 6) is -4.07. The zero-order valence-corrected chi connectivity index (χ0v) is 16.3. The minimum atomic E-state index is -1.33. The van der Waals surface area contributed by atoms with Gasteiger partial charge < -0.3 is 5.32 Å². The lowest BCUT2D eigenvalue weighted by atomic mass is 10.1. The van der Waals surface area contributed by atoms with Crippen molar-refractivity contribution in [1.82, 2.24) is 9.88 Å². The molecule has 0 fully saturated rings. The first-order valence-electron chi connectivity index (χ1n) is 9.61. The zero-order chi connectivity index (χ0) is 22.0. The van der Waals surface area contributed by atoms with Crippen LogP contribution in [-0.4, -0.2) is 34.2 Å². The molecule has 4 rings (SSSR count). The molecule has 3 aromatic rings. The summed E-state index contributed by atoms with van der Waals surface area (Å²) in [5, 5.41) is 2.65. The molecule has 1 aliphatic rings. The number of halogens is 2. The third-order valence-electron chi connectivity index (χ3n) is 4.95. The number of hydrogen-bond donors (Lipinski definition) is 1. The maximum Gasteiger partial charge on any atom is 0.264 e. The molecular weight excluding hydrogens is 404 g/mol. The van der Waals surface area contributed by atoms with E-state index >= 15 is 0 Å². The average molecular weight is 421 g/mol. The van der Waals surface area contributed by atoms with Gasteiger partial charge in [0.05, 0.1) is 11.1 Å². The van der Waals surface area contributed by atoms with Gasteiger partial charge in [0.15, 0.2) is 11.6 Å². The van der Waals surface area contributed by atoms with Crippen molar-refractivity contribution < 1.29 is 23.2 Å². The first-order valence-corrected chi connectivity index (χ1v) is 9.61. The molecule has 8 heteroatoms. The summed E-state index contributed by atoms with van der Waals surface area (Å²) < 4.78 is 27.3. The van der Waals surface area contributed by atoms with Crippen LogP contribution in [0.25, 0.3) is 11.1 Å². The third-order valence-corrected chi connectivity index (χ3v) is 4.95. The molecule has 1 N–H and O–H groups in total. The number of amides is 3. The van der Waals surface area contributed by atoms with Crippen LogP contribution in [0.5, 0.6) is 0 Å². The van der Waals surface area contributed by atoms with E-state index < -0.39 is 29.0 Å². The zero-order valence-electron chi connectivity index (χ0n) is 16.3. The number of pyridine rings is 1. The number of aromatic nitrogens is 1. The molecule has 0 radical (unpaired) electrons. The molecule has 0 saturated heterocycles. The Kier molecular flexibility index (Phi) is 5.53. The molecule has 1 aliphatic heterocycles. The predicted octanol–water partition coefficient (Wildman–Crippen LogP) is 4.04. The maximum atomic E-state index is 13.9. The molecule has 1 aromatic heterocycles. The highest BCUT2D eigenvalue weighted by atomic mass is 19.2. The number of anilines is 1. The van der Waals surface area contributed by atoms with Gasteiger partial charge in [0.2, 0.25) is 5.91 Å². The van der Waals surface area contributed by atoms with Gasteiger partial charge in [-0.15, -0.1) is 0 Å². The van der Waals surface area contributed by atoms with E-state index in [4.69, 9.17) is 0 Å². The lowest BCUT2D eigenvalue weighted by Gasteiger charge is -2.13. The number of carbonyl (C=O) groups is 3. The quantitative estimate of drug-likeness (QED) is 0.610. The van der Waals surface area contributed by atoms with Crippen LogP contribution < -0.4 is 5.32 Å². The normalized spacial score (nSPS) is 12.8. The van der Waals surface area contributed by atoms with E-state index in [0.717, 1.165) is 28.2 Å². The lowest BCUT2D eigenvalue weighted by molar-refractivity contribution is -0.116. The van der Waals surface area contributed by atoms with Crippen molar-refractivity contribution in [2.75, 3.05) is 11.9 Å². The van der Waals surface area contributed by atoms with Gasteiger partial charge in [-0.05, 0) is 36.2 Å². The number of imide groups is 1. The predicted molar refractivity (Wildman–Crippen MR) is 109 cm³/mol. The first kappa shape index (κ1) is 20.3. The molecule has 6 nitrogen and oxygen atoms in total. The Morgan fingerprint density at radius 2 is 1.71 bits per heavy atom. The topological polar surface area (TPSA) is 79.4 Å². The van der Waals surface area contributed by atoms with Crippen molar-refractivity contribution in [1.29, 1.82) is 0 Å². The SMILES string of the molecule is O=C(CCCN1C(=O)c2ccc(F)c(F)c2C1=O)Nc1ccc(-c2ccccc2)cn1. The molecule has 0 bridgehead atoms. The Labute approximate surface area is 176 Å². The fourth-order valence-corrected chi connectivity index (χ4v) is 3.39. The second-order valence-electron chi connectivity index (χ2n) is 7.00. The number of benzene rings is 2. The fraction of sp³-hybridized carbons (Fsp3) is 0.130. The van der Waals surface area contributed by atoms with Crippen LogP contribution in [0.1, 0.15) is 33.6 Å². The van der Waals surface area contributed by atoms with Crippen molar-refractivity contribution in [3.05, 3.63) is 83.6 Å². The molecule has 0 aliphatic carbocycles. The molecule has 2 aromatic carbocycles. The van der Waals surface area contributed by atoms with E-state index in [9.17, 15) is 23.2 Å². The van der Waals surface area contributed by atoms with Crippen LogP contribution in [0, 0.1) is 11.6 Å². The summed E-state index contributed by atoms with van der Waals surface area (Å²) in [4.78, 5) is 41.8. The van der Waals surface area contributed by atoms with Crippen LogP contribution in [0.2, 0.25) is 0 Å². The average Bonchev–Trinajstić information content (AvgIpc) is 3.02. The Morgan fingerprint density at radius 1 is 0.935 bits per heavy atom. The highest BCUT2D eigenvalue weighted by Crippen LogP contribution is 2.27. The number of hydrogen-bond acceptors (Lipinski definition) is 4. The number of nitrogens with one attached hydrogen (secondary N) is 1. The van der Waals surface area contributed by atoms with Crippen LogP contribution in [-0.2, 0) is 4.79 Å². The molecule has 0 spiro atoms. The largest absolute Gasteiger partial charge is 0.311 e. The monoisotopic (exact) mass is 421 g/mol. The highest BCUT2D eigenvalue weighted by Gasteiger charge is 2.38. The van der Waals surface area contributed by atoms with Gasteiger partial charge >= 0.3 is 0 Å². The fourth-order valence-electron chi connectivity index (χ4n) is 3.39. The van der Waals surface area contributed by atoms with Gasteiger partial charge in [-0.3, -0.25) is 19.3 Å². The second kappa shape index (κ2) is 8.43. The summed E-state index contributed by atoms with van der Waals surface area (Å²) in [6, 6.07) is 15.1. The van der Waals surface area contributed by atoms with Crippen molar-refractivity contribution in [3.8, 4) is 11.1 Å². The minimum Gasteiger partial charge on any atom is -0.311 e. The first-order chi connectivity index (χ1) is 15.0. The van der Waals surface area contributed by atoms with Crippen molar-refractivity contribution >= 4 is 23.5 Å². The van der Waals surface area contributed by atoms with Gasteiger partial charge in [0, 0.05) is 24.7 Å². The second-order valence-corrected chi connectivity index (χ2v) is 7.00. The standard InChI is InChI=1S/C23H17F2N3O3/c24-17-10-9-16-20(21(17)25)23(31)28(22(16)30)12-4-7-19(29)27-18-11-8-15(13-26-18)14-5-2-1-3-6-14/h1-3,5-6,8-11,13H,4,7,12H2,(H,26,27,29). The van der Waals surface area contributed by atoms with Crippen molar-refractivity contribution in [2.45, 2.75) is 12.8 Å². The maximum absolute atomic E-state index is 13.9. The molecule has 0 atom stereocenters. The summed E-state index contributed by atoms with van der Waals surface area (Å²) in [7, 11) is 0. The van der Waals surface area contributed by atoms with Crippen LogP contribution in [0.15, 0.2) is 60.8 Å². The summed E-state index contributed by atoms with van der Waals surface area (Å²) in [6.45, 7) is -0.0821. The van der Waals surface area contributed by atoms with E-state index in [0.29, 0.717) is 5.82 Å². The molecule has 156 valence electrons. The number of carbonyl (C=O) groups excluding carboxylic acids is 3. The summed E-state index contributed by atoms with van der Waals surface area (Å²) >= 11 is 0. The smallest absolute Gasteiger partial charge is 0.264 e. The summed E-state index contributed by atoms with van der Waals surface area (Å²) in [6.07, 6.45) is 1.84. The van der Waals surface area contributed by atoms with Gasteiger partial charge in [0.1, 0.15) is 5.82 Å². The lowest BCUT2D eigenvalue weighted by Crippen LogP contribution is -2.31. The van der Waals surface area contributed by atoms with E-state index in [-0.39, 0.29) is 30.9 Å². The van der Waals surface area contributed by atoms with Crippen molar-refractivity contribution in [2.24, 2.45) is 0 Å². The number of rotatable bonds is 6. The van der Waals surface area contributed by atoms with Crippen molar-refractivity contribution in [3.63, 3.8) is 0 Å². The Balaban J connectivity index is 1.31. The number of nitrogens with zero attached hydrogens (tertiary/aromatic N) is 2. The molecule has 31 heavy (non-hydrogen) atoms. The third kappa shape index (κ3) is 4.05. The van der Waals surface area contributed by atoms with E-state index in [1.165, 1.54) is 0 Å².